The number of hydrogen-bond donors (Lipinski definition) is 2. The van der Waals surface area contributed by atoms with Crippen LogP contribution in [0.3, 0.4) is 0 Å². The summed E-state index contributed by atoms with van der Waals surface area (Å²) in [7, 11) is 0. The van der Waals surface area contributed by atoms with Gasteiger partial charge in [0.15, 0.2) is 0 Å². The molecule has 6 nitrogen and oxygen atoms in total. The van der Waals surface area contributed by atoms with Gasteiger partial charge in [-0.3, -0.25) is 4.79 Å². The summed E-state index contributed by atoms with van der Waals surface area (Å²) in [5.41, 5.74) is 2.40. The highest BCUT2D eigenvalue weighted by atomic mass is 35.5. The fourth-order valence-corrected chi connectivity index (χ4v) is 2.60. The zero-order valence-electron chi connectivity index (χ0n) is 14.1. The van der Waals surface area contributed by atoms with E-state index in [-0.39, 0.29) is 11.6 Å². The Bertz CT molecular complexity index is 1060. The van der Waals surface area contributed by atoms with Crippen LogP contribution in [0.1, 0.15) is 21.7 Å². The topological polar surface area (TPSA) is 90.7 Å². The number of hydrogen-bond acceptors (Lipinski definition) is 5. The van der Waals surface area contributed by atoms with Crippen LogP contribution in [0.4, 0.5) is 17.3 Å². The zero-order valence-corrected chi connectivity index (χ0v) is 15.6. The largest absolute Gasteiger partial charge is 0.324 e. The summed E-state index contributed by atoms with van der Waals surface area (Å²) in [4.78, 5) is 21.0. The molecule has 2 N–H and O–H groups in total. The third-order valence-corrected chi connectivity index (χ3v) is 4.25. The number of halogens is 2. The number of carbonyl (C=O) groups excluding carboxylic acids is 1. The second-order valence-corrected chi connectivity index (χ2v) is 6.43. The molecule has 0 aliphatic carbocycles. The Labute approximate surface area is 165 Å². The quantitative estimate of drug-likeness (QED) is 0.648. The smallest absolute Gasteiger partial charge is 0.274 e. The van der Waals surface area contributed by atoms with Crippen molar-refractivity contribution >= 4 is 46.4 Å². The van der Waals surface area contributed by atoms with E-state index in [0.29, 0.717) is 32.7 Å². The molecule has 3 aromatic rings. The molecule has 1 aromatic heterocycles. The van der Waals surface area contributed by atoms with Gasteiger partial charge in [0.1, 0.15) is 5.69 Å². The highest BCUT2D eigenvalue weighted by Crippen LogP contribution is 2.26. The Morgan fingerprint density at radius 1 is 1.04 bits per heavy atom. The summed E-state index contributed by atoms with van der Waals surface area (Å²) in [6.07, 6.45) is 0. The van der Waals surface area contributed by atoms with Crippen molar-refractivity contribution in [3.05, 3.63) is 75.5 Å². The fourth-order valence-electron chi connectivity index (χ4n) is 2.31. The van der Waals surface area contributed by atoms with E-state index in [1.807, 2.05) is 6.07 Å². The molecule has 1 amide bonds. The van der Waals surface area contributed by atoms with Crippen molar-refractivity contribution in [1.82, 2.24) is 9.97 Å². The maximum Gasteiger partial charge on any atom is 0.274 e. The normalized spacial score (nSPS) is 10.1. The average Bonchev–Trinajstić information content (AvgIpc) is 2.64. The number of benzene rings is 2. The standard InChI is InChI=1S/C19H13Cl2N5O/c1-11-7-17(18(27)24-13-4-2-3-12(8-13)10-22)26-19(23-11)25-14-5-6-15(20)16(21)9-14/h2-9H,1H3,(H,24,27)(H,23,25,26). The van der Waals surface area contributed by atoms with Crippen LogP contribution in [0.5, 0.6) is 0 Å². The van der Waals surface area contributed by atoms with E-state index in [9.17, 15) is 4.79 Å². The lowest BCUT2D eigenvalue weighted by Crippen LogP contribution is -2.15. The number of nitrogens with one attached hydrogen (secondary N) is 2. The predicted molar refractivity (Wildman–Crippen MR) is 106 cm³/mol. The molecular formula is C19H13Cl2N5O. The van der Waals surface area contributed by atoms with Gasteiger partial charge >= 0.3 is 0 Å². The van der Waals surface area contributed by atoms with Crippen molar-refractivity contribution < 1.29 is 4.79 Å². The number of nitriles is 1. The van der Waals surface area contributed by atoms with Crippen molar-refractivity contribution in [2.45, 2.75) is 6.92 Å². The van der Waals surface area contributed by atoms with Crippen molar-refractivity contribution in [3.63, 3.8) is 0 Å². The molecule has 2 aromatic carbocycles. The molecule has 0 unspecified atom stereocenters. The number of rotatable bonds is 4. The van der Waals surface area contributed by atoms with Crippen LogP contribution in [0.25, 0.3) is 0 Å². The van der Waals surface area contributed by atoms with Gasteiger partial charge in [0.25, 0.3) is 5.91 Å². The number of amides is 1. The molecule has 0 aliphatic rings. The first-order valence-corrected chi connectivity index (χ1v) is 8.59. The highest BCUT2D eigenvalue weighted by molar-refractivity contribution is 6.42. The van der Waals surface area contributed by atoms with Crippen LogP contribution in [0.2, 0.25) is 10.0 Å². The monoisotopic (exact) mass is 397 g/mol. The molecular weight excluding hydrogens is 385 g/mol. The van der Waals surface area contributed by atoms with E-state index in [4.69, 9.17) is 28.5 Å². The molecule has 0 spiro atoms. The minimum atomic E-state index is -0.409. The maximum atomic E-state index is 12.5. The molecule has 0 saturated heterocycles. The summed E-state index contributed by atoms with van der Waals surface area (Å²) in [6.45, 7) is 1.76. The third-order valence-electron chi connectivity index (χ3n) is 3.51. The Balaban J connectivity index is 1.82. The molecule has 8 heteroatoms. The van der Waals surface area contributed by atoms with Gasteiger partial charge in [0.05, 0.1) is 21.7 Å². The van der Waals surface area contributed by atoms with Crippen LogP contribution in [0, 0.1) is 18.3 Å². The second-order valence-electron chi connectivity index (χ2n) is 5.62. The highest BCUT2D eigenvalue weighted by Gasteiger charge is 2.12. The van der Waals surface area contributed by atoms with Crippen LogP contribution in [-0.4, -0.2) is 15.9 Å². The molecule has 134 valence electrons. The summed E-state index contributed by atoms with van der Waals surface area (Å²) in [5.74, 6) is -0.155. The third kappa shape index (κ3) is 4.73. The van der Waals surface area contributed by atoms with E-state index in [1.54, 1.807) is 55.5 Å². The average molecular weight is 398 g/mol. The molecule has 27 heavy (non-hydrogen) atoms. The van der Waals surface area contributed by atoms with Crippen molar-refractivity contribution in [1.29, 1.82) is 5.26 Å². The Morgan fingerprint density at radius 2 is 1.85 bits per heavy atom. The first-order chi connectivity index (χ1) is 12.9. The van der Waals surface area contributed by atoms with E-state index in [2.05, 4.69) is 20.6 Å². The van der Waals surface area contributed by atoms with Gasteiger partial charge in [-0.15, -0.1) is 0 Å². The van der Waals surface area contributed by atoms with E-state index >= 15 is 0 Å². The van der Waals surface area contributed by atoms with Gasteiger partial charge in [0.2, 0.25) is 5.95 Å². The number of carbonyl (C=O) groups is 1. The Morgan fingerprint density at radius 3 is 2.59 bits per heavy atom. The molecule has 0 atom stereocenters. The van der Waals surface area contributed by atoms with Crippen molar-refractivity contribution in [2.75, 3.05) is 10.6 Å². The Hall–Kier alpha value is -3.14. The van der Waals surface area contributed by atoms with E-state index in [1.165, 1.54) is 0 Å². The molecule has 0 aliphatic heterocycles. The number of anilines is 3. The minimum absolute atomic E-state index is 0.187. The SMILES string of the molecule is Cc1cc(C(=O)Nc2cccc(C#N)c2)nc(Nc2ccc(Cl)c(Cl)c2)n1. The summed E-state index contributed by atoms with van der Waals surface area (Å²) >= 11 is 11.9. The van der Waals surface area contributed by atoms with Crippen LogP contribution in [0.15, 0.2) is 48.5 Å². The van der Waals surface area contributed by atoms with Crippen LogP contribution in [-0.2, 0) is 0 Å². The molecule has 0 radical (unpaired) electrons. The number of nitrogens with zero attached hydrogens (tertiary/aromatic N) is 3. The molecule has 0 bridgehead atoms. The second kappa shape index (κ2) is 8.04. The van der Waals surface area contributed by atoms with Crippen LogP contribution < -0.4 is 10.6 Å². The zero-order chi connectivity index (χ0) is 19.4. The van der Waals surface area contributed by atoms with Crippen molar-refractivity contribution in [3.8, 4) is 6.07 Å². The van der Waals surface area contributed by atoms with Crippen molar-refractivity contribution in [2.24, 2.45) is 0 Å². The summed E-state index contributed by atoms with van der Waals surface area (Å²) in [5, 5.41) is 15.5. The van der Waals surface area contributed by atoms with Crippen LogP contribution >= 0.6 is 23.2 Å². The molecule has 3 rings (SSSR count). The minimum Gasteiger partial charge on any atom is -0.324 e. The first-order valence-electron chi connectivity index (χ1n) is 7.84. The lowest BCUT2D eigenvalue weighted by Gasteiger charge is -2.09. The first kappa shape index (κ1) is 18.6. The fraction of sp³-hybridized carbons (Fsp3) is 0.0526. The number of aromatic nitrogens is 2. The Kier molecular flexibility index (Phi) is 5.55. The van der Waals surface area contributed by atoms with E-state index < -0.39 is 5.91 Å². The summed E-state index contributed by atoms with van der Waals surface area (Å²) in [6, 6.07) is 15.2. The van der Waals surface area contributed by atoms with Gasteiger partial charge in [0, 0.05) is 17.1 Å². The van der Waals surface area contributed by atoms with Gasteiger partial charge in [-0.1, -0.05) is 29.3 Å². The number of aryl methyl sites for hydroxylation is 1. The lowest BCUT2D eigenvalue weighted by atomic mass is 10.2. The van der Waals surface area contributed by atoms with Gasteiger partial charge in [-0.2, -0.15) is 5.26 Å². The van der Waals surface area contributed by atoms with Gasteiger partial charge in [-0.05, 0) is 49.4 Å². The molecule has 0 fully saturated rings. The lowest BCUT2D eigenvalue weighted by molar-refractivity contribution is 0.102. The van der Waals surface area contributed by atoms with Gasteiger partial charge in [-0.25, -0.2) is 9.97 Å². The molecule has 0 saturated carbocycles. The maximum absolute atomic E-state index is 12.5. The van der Waals surface area contributed by atoms with Gasteiger partial charge < -0.3 is 10.6 Å². The predicted octanol–water partition coefficient (Wildman–Crippen LogP) is 4.96. The van der Waals surface area contributed by atoms with E-state index in [0.717, 1.165) is 0 Å². The summed E-state index contributed by atoms with van der Waals surface area (Å²) < 4.78 is 0. The molecule has 1 heterocycles.